The van der Waals surface area contributed by atoms with Crippen LogP contribution in [0.15, 0.2) is 42.1 Å². The van der Waals surface area contributed by atoms with Gasteiger partial charge in [-0.1, -0.05) is 76.9 Å². The molecule has 3 saturated heterocycles. The van der Waals surface area contributed by atoms with Crippen LogP contribution in [0.2, 0.25) is 5.02 Å². The van der Waals surface area contributed by atoms with Gasteiger partial charge in [0.1, 0.15) is 66.7 Å². The Balaban J connectivity index is 0.871. The van der Waals surface area contributed by atoms with E-state index in [1.807, 2.05) is 30.5 Å². The molecule has 1 amide bonds. The fourth-order valence-electron chi connectivity index (χ4n) is 16.2. The SMILES string of the molecule is C[C@@H]1O[C@@H](O[C@H]2[C@H](O[C@H]3CC[C@]4(C)[C@H]5CC=C6[C@@H]7CC(C)(C)CC[C@]7(C(=O)NCc7cn(-c8ccc(Cl)cc8)nn7)CC[C@@]6(C)[C@]5(C)CC[C@H]4C3(C)C)OC[C@H](O[C@@H]3O[C@H](CO)[C@@H](O)[C@H](O)[C@H]3O)[C@@H]2O)[C@H](O)[C@H](O)[C@H]1O. The largest absolute Gasteiger partial charge is 0.394 e. The maximum absolute atomic E-state index is 14.9. The number of benzene rings is 1. The Bertz CT molecular complexity index is 2440. The molecule has 20 heteroatoms. The molecule has 7 fully saturated rings. The lowest BCUT2D eigenvalue weighted by Crippen LogP contribution is -2.66. The fraction of sp³-hybridized carbons (Fsp3) is 0.804. The lowest BCUT2D eigenvalue weighted by molar-refractivity contribution is -0.380. The Morgan fingerprint density at radius 3 is 2.17 bits per heavy atom. The third-order valence-electron chi connectivity index (χ3n) is 21.1. The number of hydrogen-bond acceptors (Lipinski definition) is 17. The number of aliphatic hydroxyl groups is 8. The Morgan fingerprint density at radius 2 is 1.46 bits per heavy atom. The van der Waals surface area contributed by atoms with Crippen LogP contribution in [0.5, 0.6) is 0 Å². The summed E-state index contributed by atoms with van der Waals surface area (Å²) < 4.78 is 38.8. The Morgan fingerprint density at radius 1 is 0.776 bits per heavy atom. The number of fused-ring (bicyclic) bond motifs is 7. The molecule has 424 valence electrons. The van der Waals surface area contributed by atoms with E-state index in [0.29, 0.717) is 23.1 Å². The van der Waals surface area contributed by atoms with E-state index in [4.69, 9.17) is 40.0 Å². The molecular weight excluding hydrogens is 1000 g/mol. The van der Waals surface area contributed by atoms with Gasteiger partial charge in [0, 0.05) is 5.02 Å². The molecule has 1 aromatic heterocycles. The monoisotopic (exact) mass is 1090 g/mol. The van der Waals surface area contributed by atoms with Crippen molar-refractivity contribution in [3.05, 3.63) is 52.8 Å². The van der Waals surface area contributed by atoms with E-state index in [9.17, 15) is 45.6 Å². The van der Waals surface area contributed by atoms with E-state index in [2.05, 4.69) is 70.2 Å². The van der Waals surface area contributed by atoms with Gasteiger partial charge in [-0.05, 0) is 140 Å². The van der Waals surface area contributed by atoms with Crippen LogP contribution in [0, 0.1) is 50.2 Å². The number of aliphatic hydroxyl groups excluding tert-OH is 8. The van der Waals surface area contributed by atoms with Crippen molar-refractivity contribution in [2.75, 3.05) is 13.2 Å². The minimum atomic E-state index is -1.76. The molecular formula is C56H83ClN4O15. The number of rotatable bonds is 11. The van der Waals surface area contributed by atoms with E-state index in [0.717, 1.165) is 63.5 Å². The summed E-state index contributed by atoms with van der Waals surface area (Å²) in [5.74, 6) is 0.758. The van der Waals surface area contributed by atoms with E-state index in [1.54, 1.807) is 4.68 Å². The number of hydrogen-bond donors (Lipinski definition) is 9. The van der Waals surface area contributed by atoms with Gasteiger partial charge < -0.3 is 74.6 Å². The van der Waals surface area contributed by atoms with Gasteiger partial charge in [0.25, 0.3) is 0 Å². The molecule has 22 atom stereocenters. The second kappa shape index (κ2) is 20.7. The molecule has 4 saturated carbocycles. The smallest absolute Gasteiger partial charge is 0.227 e. The van der Waals surface area contributed by atoms with Crippen molar-refractivity contribution >= 4 is 17.5 Å². The fourth-order valence-corrected chi connectivity index (χ4v) is 16.4. The second-order valence-corrected chi connectivity index (χ2v) is 26.5. The van der Waals surface area contributed by atoms with Gasteiger partial charge in [-0.25, -0.2) is 4.68 Å². The second-order valence-electron chi connectivity index (χ2n) is 26.0. The molecule has 76 heavy (non-hydrogen) atoms. The third-order valence-corrected chi connectivity index (χ3v) is 21.3. The van der Waals surface area contributed by atoms with Crippen molar-refractivity contribution < 1.29 is 74.1 Å². The van der Waals surface area contributed by atoms with Crippen LogP contribution in [0.25, 0.3) is 5.69 Å². The summed E-state index contributed by atoms with van der Waals surface area (Å²) in [5, 5.41) is 98.6. The average Bonchev–Trinajstić information content (AvgIpc) is 4.00. The summed E-state index contributed by atoms with van der Waals surface area (Å²) >= 11 is 6.13. The summed E-state index contributed by atoms with van der Waals surface area (Å²) in [6, 6.07) is 7.38. The van der Waals surface area contributed by atoms with Crippen molar-refractivity contribution in [2.45, 2.75) is 218 Å². The molecule has 0 radical (unpaired) electrons. The Kier molecular flexibility index (Phi) is 15.4. The predicted molar refractivity (Wildman–Crippen MR) is 274 cm³/mol. The maximum atomic E-state index is 14.9. The van der Waals surface area contributed by atoms with Crippen molar-refractivity contribution in [3.8, 4) is 5.69 Å². The van der Waals surface area contributed by atoms with Gasteiger partial charge in [-0.3, -0.25) is 4.79 Å². The summed E-state index contributed by atoms with van der Waals surface area (Å²) in [7, 11) is 0. The number of ether oxygens (including phenoxy) is 6. The van der Waals surface area contributed by atoms with Gasteiger partial charge in [0.2, 0.25) is 5.91 Å². The zero-order chi connectivity index (χ0) is 54.7. The van der Waals surface area contributed by atoms with Crippen LogP contribution in [0.4, 0.5) is 0 Å². The first-order valence-electron chi connectivity index (χ1n) is 27.7. The highest BCUT2D eigenvalue weighted by Gasteiger charge is 2.70. The quantitative estimate of drug-likeness (QED) is 0.114. The van der Waals surface area contributed by atoms with Crippen molar-refractivity contribution in [2.24, 2.45) is 50.2 Å². The molecule has 5 aliphatic carbocycles. The molecule has 9 N–H and O–H groups in total. The van der Waals surface area contributed by atoms with E-state index < -0.39 is 110 Å². The van der Waals surface area contributed by atoms with Crippen molar-refractivity contribution in [1.29, 1.82) is 0 Å². The van der Waals surface area contributed by atoms with Gasteiger partial charge >= 0.3 is 0 Å². The molecule has 10 rings (SSSR count). The Labute approximate surface area is 450 Å². The van der Waals surface area contributed by atoms with Crippen LogP contribution in [0.1, 0.15) is 125 Å². The highest BCUT2D eigenvalue weighted by Crippen LogP contribution is 2.76. The van der Waals surface area contributed by atoms with Crippen LogP contribution in [-0.4, -0.2) is 167 Å². The summed E-state index contributed by atoms with van der Waals surface area (Å²) in [6.07, 6.45) is -7.92. The molecule has 19 nitrogen and oxygen atoms in total. The molecule has 2 aromatic rings. The zero-order valence-electron chi connectivity index (χ0n) is 45.2. The number of nitrogens with one attached hydrogen (secondary N) is 1. The Hall–Kier alpha value is -2.70. The highest BCUT2D eigenvalue weighted by molar-refractivity contribution is 6.30. The lowest BCUT2D eigenvalue weighted by Gasteiger charge is -2.71. The van der Waals surface area contributed by atoms with Gasteiger partial charge in [0.05, 0.1) is 49.3 Å². The maximum Gasteiger partial charge on any atom is 0.227 e. The number of nitrogens with zero attached hydrogens (tertiary/aromatic N) is 3. The highest BCUT2D eigenvalue weighted by atomic mass is 35.5. The number of carbonyl (C=O) groups is 1. The average molecular weight is 1090 g/mol. The number of carbonyl (C=O) groups excluding carboxylic acids is 1. The molecule has 0 bridgehead atoms. The minimum Gasteiger partial charge on any atom is -0.394 e. The number of halogens is 1. The standard InChI is InChI=1S/C56H83ClN4O15/c1-28-39(63)42(66)44(68)47(72-28)76-46-41(65)35(74-48-45(69)43(67)40(64)34(26-62)73-48)27-71-49(46)75-38-16-17-53(6)36(52(38,4)5)15-18-55(8)37(53)14-13-32-33-23-51(2,3)19-21-56(33,22-20-54(32,55)7)50(70)58-24-30-25-61(60-59-30)31-11-9-29(57)10-12-31/h9-13,25,28,33-49,62-69H,14-24,26-27H2,1-8H3,(H,58,70)/t28-,33-,34+,35-,36-,37+,38-,39-,40+,41-,42+,43-,44+,45+,46+,47-,48-,49-,53-,54+,55+,56-/m0/s1. The molecule has 0 unspecified atom stereocenters. The molecule has 8 aliphatic rings. The minimum absolute atomic E-state index is 0.0574. The topological polar surface area (TPSA) is 277 Å². The number of amides is 1. The first-order chi connectivity index (χ1) is 35.8. The van der Waals surface area contributed by atoms with Crippen LogP contribution < -0.4 is 5.32 Å². The number of aromatic nitrogens is 3. The van der Waals surface area contributed by atoms with Crippen LogP contribution in [0.3, 0.4) is 0 Å². The van der Waals surface area contributed by atoms with Gasteiger partial charge in [0.15, 0.2) is 18.9 Å². The zero-order valence-corrected chi connectivity index (χ0v) is 46.0. The van der Waals surface area contributed by atoms with E-state index in [1.165, 1.54) is 12.5 Å². The van der Waals surface area contributed by atoms with Crippen molar-refractivity contribution in [1.82, 2.24) is 20.3 Å². The first-order valence-corrected chi connectivity index (χ1v) is 28.1. The molecule has 1 aromatic carbocycles. The molecule has 4 heterocycles. The third kappa shape index (κ3) is 9.43. The summed E-state index contributed by atoms with van der Waals surface area (Å²) in [4.78, 5) is 14.9. The molecule has 0 spiro atoms. The summed E-state index contributed by atoms with van der Waals surface area (Å²) in [5.41, 5.74) is 1.81. The van der Waals surface area contributed by atoms with E-state index in [-0.39, 0.29) is 52.6 Å². The van der Waals surface area contributed by atoms with Crippen LogP contribution in [-0.2, 0) is 39.8 Å². The normalized spacial score (nSPS) is 46.8. The van der Waals surface area contributed by atoms with Gasteiger partial charge in [-0.2, -0.15) is 0 Å². The summed E-state index contributed by atoms with van der Waals surface area (Å²) in [6.45, 7) is 17.5. The van der Waals surface area contributed by atoms with Crippen LogP contribution >= 0.6 is 11.6 Å². The number of allylic oxidation sites excluding steroid dienone is 2. The van der Waals surface area contributed by atoms with Gasteiger partial charge in [-0.15, -0.1) is 5.10 Å². The molecule has 3 aliphatic heterocycles. The van der Waals surface area contributed by atoms with E-state index >= 15 is 0 Å². The lowest BCUT2D eigenvalue weighted by atomic mass is 9.33. The predicted octanol–water partition coefficient (Wildman–Crippen LogP) is 3.84. The first kappa shape index (κ1) is 56.6. The van der Waals surface area contributed by atoms with Crippen molar-refractivity contribution in [3.63, 3.8) is 0 Å².